The Morgan fingerprint density at radius 3 is 2.00 bits per heavy atom. The van der Waals surface area contributed by atoms with Crippen molar-refractivity contribution in [2.24, 2.45) is 5.92 Å². The summed E-state index contributed by atoms with van der Waals surface area (Å²) in [5.41, 5.74) is 3.33. The van der Waals surface area contributed by atoms with Crippen molar-refractivity contribution in [2.45, 2.75) is 26.7 Å². The van der Waals surface area contributed by atoms with Crippen LogP contribution in [0.15, 0.2) is 60.7 Å². The molecule has 1 aromatic heterocycles. The quantitative estimate of drug-likeness (QED) is 0.618. The van der Waals surface area contributed by atoms with Gasteiger partial charge in [0, 0.05) is 36.2 Å². The first kappa shape index (κ1) is 18.3. The molecule has 2 aromatic carbocycles. The molecule has 0 bridgehead atoms. The Bertz CT molecular complexity index is 900. The zero-order valence-corrected chi connectivity index (χ0v) is 16.5. The van der Waals surface area contributed by atoms with Crippen LogP contribution in [0.1, 0.15) is 25.6 Å². The molecule has 5 nitrogen and oxygen atoms in total. The van der Waals surface area contributed by atoms with Crippen molar-refractivity contribution >= 4 is 28.7 Å². The summed E-state index contributed by atoms with van der Waals surface area (Å²) in [5, 5.41) is 6.73. The van der Waals surface area contributed by atoms with Gasteiger partial charge in [0.1, 0.15) is 17.5 Å². The third kappa shape index (κ3) is 4.60. The molecule has 0 aliphatic carbocycles. The molecule has 4 rings (SSSR count). The highest BCUT2D eigenvalue weighted by atomic mass is 15.1. The molecule has 1 aliphatic heterocycles. The van der Waals surface area contributed by atoms with Crippen LogP contribution in [0.25, 0.3) is 0 Å². The minimum atomic E-state index is 0.725. The van der Waals surface area contributed by atoms with Crippen LogP contribution in [-0.2, 0) is 0 Å². The predicted molar refractivity (Wildman–Crippen MR) is 117 cm³/mol. The van der Waals surface area contributed by atoms with E-state index in [1.54, 1.807) is 0 Å². The lowest BCUT2D eigenvalue weighted by molar-refractivity contribution is 0.438. The molecule has 3 aromatic rings. The highest BCUT2D eigenvalue weighted by Crippen LogP contribution is 2.26. The maximum absolute atomic E-state index is 4.52. The molecule has 1 saturated heterocycles. The minimum Gasteiger partial charge on any atom is -0.372 e. The lowest BCUT2D eigenvalue weighted by Crippen LogP contribution is -2.32. The van der Waals surface area contributed by atoms with Crippen molar-refractivity contribution in [3.8, 4) is 0 Å². The number of benzene rings is 2. The maximum atomic E-state index is 4.52. The van der Waals surface area contributed by atoms with Gasteiger partial charge in [0.05, 0.1) is 0 Å². The van der Waals surface area contributed by atoms with Crippen molar-refractivity contribution in [2.75, 3.05) is 28.6 Å². The van der Waals surface area contributed by atoms with E-state index in [0.717, 1.165) is 47.8 Å². The fourth-order valence-corrected chi connectivity index (χ4v) is 3.54. The van der Waals surface area contributed by atoms with Gasteiger partial charge in [0.2, 0.25) is 0 Å². The van der Waals surface area contributed by atoms with Crippen LogP contribution in [0.3, 0.4) is 0 Å². The molecule has 0 radical (unpaired) electrons. The van der Waals surface area contributed by atoms with Gasteiger partial charge in [-0.2, -0.15) is 0 Å². The van der Waals surface area contributed by atoms with Crippen molar-refractivity contribution in [1.82, 2.24) is 9.97 Å². The second kappa shape index (κ2) is 8.30. The second-order valence-electron chi connectivity index (χ2n) is 7.52. The molecule has 1 fully saturated rings. The first-order chi connectivity index (χ1) is 13.7. The van der Waals surface area contributed by atoms with Crippen molar-refractivity contribution in [3.05, 3.63) is 66.5 Å². The molecule has 0 atom stereocenters. The van der Waals surface area contributed by atoms with Crippen LogP contribution >= 0.6 is 0 Å². The summed E-state index contributed by atoms with van der Waals surface area (Å²) in [6.45, 7) is 6.54. The average molecular weight is 374 g/mol. The fourth-order valence-electron chi connectivity index (χ4n) is 3.54. The molecule has 2 N–H and O–H groups in total. The van der Waals surface area contributed by atoms with Gasteiger partial charge >= 0.3 is 0 Å². The molecule has 0 unspecified atom stereocenters. The molecule has 28 heavy (non-hydrogen) atoms. The third-order valence-electron chi connectivity index (χ3n) is 5.17. The van der Waals surface area contributed by atoms with E-state index < -0.39 is 0 Å². The van der Waals surface area contributed by atoms with E-state index in [2.05, 4.69) is 56.7 Å². The smallest absolute Gasteiger partial charge is 0.136 e. The van der Waals surface area contributed by atoms with Crippen LogP contribution < -0.4 is 15.5 Å². The van der Waals surface area contributed by atoms with Gasteiger partial charge in [-0.1, -0.05) is 25.1 Å². The molecule has 5 heteroatoms. The average Bonchev–Trinajstić information content (AvgIpc) is 2.70. The maximum Gasteiger partial charge on any atom is 0.136 e. The Morgan fingerprint density at radius 2 is 1.39 bits per heavy atom. The first-order valence-electron chi connectivity index (χ1n) is 9.95. The van der Waals surface area contributed by atoms with Gasteiger partial charge in [-0.25, -0.2) is 9.97 Å². The number of para-hydroxylation sites is 1. The van der Waals surface area contributed by atoms with Gasteiger partial charge in [-0.3, -0.25) is 0 Å². The Morgan fingerprint density at radius 1 is 0.821 bits per heavy atom. The zero-order chi connectivity index (χ0) is 19.3. The summed E-state index contributed by atoms with van der Waals surface area (Å²) < 4.78 is 0. The topological polar surface area (TPSA) is 53.1 Å². The Kier molecular flexibility index (Phi) is 5.42. The molecule has 144 valence electrons. The lowest BCUT2D eigenvalue weighted by Gasteiger charge is -2.32. The summed E-state index contributed by atoms with van der Waals surface area (Å²) in [7, 11) is 0. The third-order valence-corrected chi connectivity index (χ3v) is 5.17. The van der Waals surface area contributed by atoms with Crippen molar-refractivity contribution < 1.29 is 0 Å². The molecule has 0 saturated carbocycles. The van der Waals surface area contributed by atoms with Gasteiger partial charge in [0.25, 0.3) is 0 Å². The number of rotatable bonds is 5. The Hall–Kier alpha value is -3.08. The van der Waals surface area contributed by atoms with E-state index in [9.17, 15) is 0 Å². The number of aromatic nitrogens is 2. The number of nitrogens with one attached hydrogen (secondary N) is 2. The highest BCUT2D eigenvalue weighted by Gasteiger charge is 2.15. The Balaban J connectivity index is 1.45. The number of aryl methyl sites for hydroxylation is 1. The second-order valence-corrected chi connectivity index (χ2v) is 7.52. The molecule has 2 heterocycles. The monoisotopic (exact) mass is 373 g/mol. The highest BCUT2D eigenvalue weighted by molar-refractivity contribution is 5.65. The normalized spacial score (nSPS) is 14.7. The van der Waals surface area contributed by atoms with Crippen LogP contribution in [-0.4, -0.2) is 23.1 Å². The molecular formula is C23H27N5. The standard InChI is InChI=1S/C23H27N5/c1-17-12-14-28(15-13-17)21-10-8-20(9-11-21)27-23-16-22(24-18(2)25-23)26-19-6-4-3-5-7-19/h3-11,16-17H,12-15H2,1-2H3,(H2,24,25,26,27). The summed E-state index contributed by atoms with van der Waals surface area (Å²) in [6, 6.07) is 20.6. The number of nitrogens with zero attached hydrogens (tertiary/aromatic N) is 3. The summed E-state index contributed by atoms with van der Waals surface area (Å²) in [6.07, 6.45) is 2.55. The lowest BCUT2D eigenvalue weighted by atomic mass is 9.99. The van der Waals surface area contributed by atoms with Crippen molar-refractivity contribution in [1.29, 1.82) is 0 Å². The largest absolute Gasteiger partial charge is 0.372 e. The SMILES string of the molecule is Cc1nc(Nc2ccccc2)cc(Nc2ccc(N3CCC(C)CC3)cc2)n1. The van der Waals surface area contributed by atoms with E-state index in [4.69, 9.17) is 0 Å². The summed E-state index contributed by atoms with van der Waals surface area (Å²) in [4.78, 5) is 11.5. The zero-order valence-electron chi connectivity index (χ0n) is 16.5. The fraction of sp³-hybridized carbons (Fsp3) is 0.304. The number of piperidine rings is 1. The predicted octanol–water partition coefficient (Wildman–Crippen LogP) is 5.51. The van der Waals surface area contributed by atoms with Gasteiger partial charge in [0.15, 0.2) is 0 Å². The van der Waals surface area contributed by atoms with Gasteiger partial charge in [-0.15, -0.1) is 0 Å². The van der Waals surface area contributed by atoms with E-state index >= 15 is 0 Å². The van der Waals surface area contributed by atoms with E-state index in [1.165, 1.54) is 18.5 Å². The minimum absolute atomic E-state index is 0.725. The summed E-state index contributed by atoms with van der Waals surface area (Å²) in [5.74, 6) is 3.13. The van der Waals surface area contributed by atoms with E-state index in [0.29, 0.717) is 0 Å². The molecular weight excluding hydrogens is 346 g/mol. The van der Waals surface area contributed by atoms with Gasteiger partial charge < -0.3 is 15.5 Å². The van der Waals surface area contributed by atoms with Crippen LogP contribution in [0.4, 0.5) is 28.7 Å². The van der Waals surface area contributed by atoms with Crippen LogP contribution in [0, 0.1) is 12.8 Å². The number of hydrogen-bond donors (Lipinski definition) is 2. The van der Waals surface area contributed by atoms with E-state index in [-0.39, 0.29) is 0 Å². The van der Waals surface area contributed by atoms with Crippen molar-refractivity contribution in [3.63, 3.8) is 0 Å². The van der Waals surface area contributed by atoms with Crippen LogP contribution in [0.5, 0.6) is 0 Å². The molecule has 1 aliphatic rings. The summed E-state index contributed by atoms with van der Waals surface area (Å²) >= 11 is 0. The first-order valence-corrected chi connectivity index (χ1v) is 9.95. The van der Waals surface area contributed by atoms with Gasteiger partial charge in [-0.05, 0) is 62.1 Å². The van der Waals surface area contributed by atoms with Crippen LogP contribution in [0.2, 0.25) is 0 Å². The number of hydrogen-bond acceptors (Lipinski definition) is 5. The van der Waals surface area contributed by atoms with E-state index in [1.807, 2.05) is 43.3 Å². The molecule has 0 spiro atoms. The molecule has 0 amide bonds. The Labute approximate surface area is 166 Å². The number of anilines is 5.